The highest BCUT2D eigenvalue weighted by Gasteiger charge is 2.10. The highest BCUT2D eigenvalue weighted by atomic mass is 127. The number of carbonyl (C=O) groups is 1. The minimum atomic E-state index is 0.277. The van der Waals surface area contributed by atoms with Crippen LogP contribution in [0.2, 0.25) is 0 Å². The monoisotopic (exact) mass is 436 g/mol. The van der Waals surface area contributed by atoms with Crippen molar-refractivity contribution in [3.63, 3.8) is 0 Å². The molecule has 0 aliphatic rings. The van der Waals surface area contributed by atoms with Crippen LogP contribution in [-0.4, -0.2) is 5.78 Å². The van der Waals surface area contributed by atoms with E-state index in [0.717, 1.165) is 20.0 Å². The molecule has 3 heteroatoms. The lowest BCUT2D eigenvalue weighted by Gasteiger charge is -2.05. The first-order chi connectivity index (χ1) is 9.15. The fourth-order valence-electron chi connectivity index (χ4n) is 2.09. The Hall–Kier alpha value is 0.1000. The van der Waals surface area contributed by atoms with Gasteiger partial charge in [-0.3, -0.25) is 4.79 Å². The van der Waals surface area contributed by atoms with Crippen molar-refractivity contribution < 1.29 is 4.79 Å². The van der Waals surface area contributed by atoms with Gasteiger partial charge in [0.2, 0.25) is 0 Å². The average molecular weight is 437 g/mol. The molecule has 0 heterocycles. The van der Waals surface area contributed by atoms with Crippen molar-refractivity contribution in [2.75, 3.05) is 0 Å². The summed E-state index contributed by atoms with van der Waals surface area (Å²) in [6, 6.07) is 5.90. The highest BCUT2D eigenvalue weighted by Crippen LogP contribution is 2.21. The number of hydrogen-bond acceptors (Lipinski definition) is 1. The van der Waals surface area contributed by atoms with E-state index in [1.54, 1.807) is 0 Å². The summed E-state index contributed by atoms with van der Waals surface area (Å²) in [4.78, 5) is 12.1. The van der Waals surface area contributed by atoms with E-state index >= 15 is 0 Å². The summed E-state index contributed by atoms with van der Waals surface area (Å²) in [6.07, 6.45) is 9.44. The second-order valence-electron chi connectivity index (χ2n) is 4.92. The van der Waals surface area contributed by atoms with Crippen molar-refractivity contribution in [1.82, 2.24) is 0 Å². The van der Waals surface area contributed by atoms with Gasteiger partial charge in [-0.05, 0) is 47.2 Å². The van der Waals surface area contributed by atoms with Crippen molar-refractivity contribution in [1.29, 1.82) is 0 Å². The summed E-state index contributed by atoms with van der Waals surface area (Å²) in [5.41, 5.74) is 0.862. The van der Waals surface area contributed by atoms with Crippen LogP contribution in [0.15, 0.2) is 22.7 Å². The third-order valence-corrected chi connectivity index (χ3v) is 4.67. The summed E-state index contributed by atoms with van der Waals surface area (Å²) in [5.74, 6) is 0.277. The molecule has 0 aliphatic heterocycles. The number of benzene rings is 1. The Labute approximate surface area is 138 Å². The smallest absolute Gasteiger partial charge is 0.163 e. The van der Waals surface area contributed by atoms with E-state index in [4.69, 9.17) is 0 Å². The highest BCUT2D eigenvalue weighted by molar-refractivity contribution is 14.1. The summed E-state index contributed by atoms with van der Waals surface area (Å²) < 4.78 is 2.03. The van der Waals surface area contributed by atoms with Crippen LogP contribution < -0.4 is 0 Å². The predicted molar refractivity (Wildman–Crippen MR) is 93.8 cm³/mol. The van der Waals surface area contributed by atoms with Crippen LogP contribution in [0, 0.1) is 3.57 Å². The first-order valence-corrected chi connectivity index (χ1v) is 9.00. The lowest BCUT2D eigenvalue weighted by Crippen LogP contribution is -2.01. The van der Waals surface area contributed by atoms with E-state index in [-0.39, 0.29) is 5.78 Å². The topological polar surface area (TPSA) is 17.1 Å². The molecular weight excluding hydrogens is 415 g/mol. The van der Waals surface area contributed by atoms with Crippen molar-refractivity contribution in [2.24, 2.45) is 0 Å². The van der Waals surface area contributed by atoms with Gasteiger partial charge in [-0.2, -0.15) is 0 Å². The fraction of sp³-hybridized carbons (Fsp3) is 0.562. The van der Waals surface area contributed by atoms with E-state index in [0.29, 0.717) is 6.42 Å². The molecule has 1 aromatic rings. The van der Waals surface area contributed by atoms with Gasteiger partial charge in [0.15, 0.2) is 5.78 Å². The average Bonchev–Trinajstić information content (AvgIpc) is 2.40. The molecule has 0 saturated heterocycles. The maximum atomic E-state index is 12.1. The summed E-state index contributed by atoms with van der Waals surface area (Å²) in [5, 5.41) is 0. The maximum absolute atomic E-state index is 12.1. The van der Waals surface area contributed by atoms with Gasteiger partial charge in [-0.15, -0.1) is 0 Å². The number of carbonyl (C=O) groups excluding carboxylic acids is 1. The Kier molecular flexibility index (Phi) is 8.95. The molecule has 0 atom stereocenters. The number of Topliss-reactive ketones (excluding diaryl/α,β-unsaturated/α-hetero) is 1. The van der Waals surface area contributed by atoms with Gasteiger partial charge in [0, 0.05) is 20.0 Å². The van der Waals surface area contributed by atoms with Gasteiger partial charge >= 0.3 is 0 Å². The van der Waals surface area contributed by atoms with Crippen molar-refractivity contribution in [3.8, 4) is 0 Å². The lowest BCUT2D eigenvalue weighted by molar-refractivity contribution is 0.0978. The Bertz CT molecular complexity index is 404. The zero-order valence-electron chi connectivity index (χ0n) is 11.6. The molecule has 0 spiro atoms. The molecule has 0 aromatic heterocycles. The number of ketones is 1. The van der Waals surface area contributed by atoms with E-state index in [9.17, 15) is 4.79 Å². The van der Waals surface area contributed by atoms with Crippen molar-refractivity contribution in [3.05, 3.63) is 31.8 Å². The second-order valence-corrected chi connectivity index (χ2v) is 7.00. The molecule has 0 fully saturated rings. The molecule has 0 N–H and O–H groups in total. The van der Waals surface area contributed by atoms with E-state index < -0.39 is 0 Å². The summed E-state index contributed by atoms with van der Waals surface area (Å²) in [7, 11) is 0. The van der Waals surface area contributed by atoms with Crippen LogP contribution in [0.1, 0.15) is 68.6 Å². The first kappa shape index (κ1) is 17.2. The standard InChI is InChI=1S/C16H22BrIO/c1-2-3-4-5-6-7-8-9-16(19)14-12-13(17)10-11-15(14)18/h10-12H,2-9H2,1H3. The van der Waals surface area contributed by atoms with Crippen LogP contribution in [0.4, 0.5) is 0 Å². The third-order valence-electron chi connectivity index (χ3n) is 3.24. The quantitative estimate of drug-likeness (QED) is 0.249. The van der Waals surface area contributed by atoms with Gasteiger partial charge in [-0.1, -0.05) is 61.4 Å². The van der Waals surface area contributed by atoms with Gasteiger partial charge in [-0.25, -0.2) is 0 Å². The predicted octanol–water partition coefficient (Wildman–Crippen LogP) is 6.38. The maximum Gasteiger partial charge on any atom is 0.163 e. The minimum Gasteiger partial charge on any atom is -0.294 e. The lowest BCUT2D eigenvalue weighted by atomic mass is 10.0. The van der Waals surface area contributed by atoms with Gasteiger partial charge in [0.1, 0.15) is 0 Å². The minimum absolute atomic E-state index is 0.277. The van der Waals surface area contributed by atoms with E-state index in [2.05, 4.69) is 45.4 Å². The van der Waals surface area contributed by atoms with Crippen molar-refractivity contribution >= 4 is 44.3 Å². The van der Waals surface area contributed by atoms with Crippen LogP contribution in [0.5, 0.6) is 0 Å². The molecule has 0 saturated carbocycles. The molecule has 19 heavy (non-hydrogen) atoms. The zero-order valence-corrected chi connectivity index (χ0v) is 15.3. The van der Waals surface area contributed by atoms with Gasteiger partial charge < -0.3 is 0 Å². The number of unbranched alkanes of at least 4 members (excludes halogenated alkanes) is 6. The number of rotatable bonds is 9. The number of hydrogen-bond donors (Lipinski definition) is 0. The van der Waals surface area contributed by atoms with Crippen LogP contribution in [0.25, 0.3) is 0 Å². The first-order valence-electron chi connectivity index (χ1n) is 7.13. The Balaban J connectivity index is 2.26. The third kappa shape index (κ3) is 6.89. The van der Waals surface area contributed by atoms with Gasteiger partial charge in [0.25, 0.3) is 0 Å². The molecule has 0 radical (unpaired) electrons. The second kappa shape index (κ2) is 9.92. The number of halogens is 2. The summed E-state index contributed by atoms with van der Waals surface area (Å²) in [6.45, 7) is 2.23. The molecule has 106 valence electrons. The SMILES string of the molecule is CCCCCCCCCC(=O)c1cc(Br)ccc1I. The Morgan fingerprint density at radius 2 is 1.74 bits per heavy atom. The van der Waals surface area contributed by atoms with Crippen LogP contribution >= 0.6 is 38.5 Å². The largest absolute Gasteiger partial charge is 0.294 e. The van der Waals surface area contributed by atoms with Crippen LogP contribution in [-0.2, 0) is 0 Å². The summed E-state index contributed by atoms with van der Waals surface area (Å²) >= 11 is 5.66. The van der Waals surface area contributed by atoms with Crippen molar-refractivity contribution in [2.45, 2.75) is 58.3 Å². The van der Waals surface area contributed by atoms with E-state index in [1.807, 2.05) is 18.2 Å². The molecule has 1 nitrogen and oxygen atoms in total. The van der Waals surface area contributed by atoms with Gasteiger partial charge in [0.05, 0.1) is 0 Å². The molecule has 1 aromatic carbocycles. The van der Waals surface area contributed by atoms with E-state index in [1.165, 1.54) is 38.5 Å². The molecule has 0 amide bonds. The van der Waals surface area contributed by atoms with Crippen LogP contribution in [0.3, 0.4) is 0 Å². The molecule has 1 rings (SSSR count). The molecule has 0 bridgehead atoms. The Morgan fingerprint density at radius 1 is 1.11 bits per heavy atom. The molecule has 0 unspecified atom stereocenters. The molecule has 0 aliphatic carbocycles. The normalized spacial score (nSPS) is 10.7. The zero-order chi connectivity index (χ0) is 14.1. The Morgan fingerprint density at radius 3 is 2.42 bits per heavy atom. The molecular formula is C16H22BrIO. The fourth-order valence-corrected chi connectivity index (χ4v) is 3.09.